The first-order valence-corrected chi connectivity index (χ1v) is 11.2. The number of benzene rings is 3. The van der Waals surface area contributed by atoms with Gasteiger partial charge in [-0.25, -0.2) is 0 Å². The second-order valence-corrected chi connectivity index (χ2v) is 8.45. The lowest BCUT2D eigenvalue weighted by molar-refractivity contribution is 0.496. The Kier molecular flexibility index (Phi) is 6.33. The Labute approximate surface area is 178 Å². The number of thioether (sulfide) groups is 1. The first kappa shape index (κ1) is 19.8. The van der Waals surface area contributed by atoms with Crippen LogP contribution >= 0.6 is 11.8 Å². The van der Waals surface area contributed by atoms with E-state index in [1.54, 1.807) is 0 Å². The fourth-order valence-corrected chi connectivity index (χ4v) is 4.91. The maximum atomic E-state index is 3.89. The molecule has 0 saturated carbocycles. The molecule has 2 heteroatoms. The Bertz CT molecular complexity index is 919. The smallest absolute Gasteiger partial charge is 0.0835 e. The second-order valence-electron chi connectivity index (χ2n) is 7.37. The zero-order valence-corrected chi connectivity index (χ0v) is 17.7. The SMILES string of the molecule is CCCCNC1(c2ccccc2)C=C(c2ccccc2)SC(c2ccccc2)=C1. The van der Waals surface area contributed by atoms with Crippen molar-refractivity contribution in [3.05, 3.63) is 120 Å². The van der Waals surface area contributed by atoms with E-state index in [9.17, 15) is 0 Å². The van der Waals surface area contributed by atoms with Gasteiger partial charge < -0.3 is 5.32 Å². The van der Waals surface area contributed by atoms with Gasteiger partial charge >= 0.3 is 0 Å². The van der Waals surface area contributed by atoms with Gasteiger partial charge in [0.2, 0.25) is 0 Å². The standard InChI is InChI=1S/C27H27NS/c1-2-3-19-28-27(24-17-11-6-12-18-24)20-25(22-13-7-4-8-14-22)29-26(21-27)23-15-9-5-10-16-23/h4-18,20-21,28H,2-3,19H2,1H3. The zero-order chi connectivity index (χ0) is 19.9. The van der Waals surface area contributed by atoms with E-state index in [1.165, 1.54) is 32.9 Å². The van der Waals surface area contributed by atoms with Crippen molar-refractivity contribution in [2.75, 3.05) is 6.54 Å². The Morgan fingerprint density at radius 1 is 0.690 bits per heavy atom. The molecule has 146 valence electrons. The van der Waals surface area contributed by atoms with Crippen molar-refractivity contribution < 1.29 is 0 Å². The van der Waals surface area contributed by atoms with Gasteiger partial charge in [-0.15, -0.1) is 0 Å². The van der Waals surface area contributed by atoms with Crippen LogP contribution in [0.15, 0.2) is 103 Å². The molecule has 0 atom stereocenters. The highest BCUT2D eigenvalue weighted by atomic mass is 32.2. The van der Waals surface area contributed by atoms with Crippen LogP contribution in [0.25, 0.3) is 9.81 Å². The van der Waals surface area contributed by atoms with E-state index in [1.807, 2.05) is 11.8 Å². The van der Waals surface area contributed by atoms with Crippen LogP contribution in [-0.2, 0) is 5.54 Å². The molecule has 0 radical (unpaired) electrons. The summed E-state index contributed by atoms with van der Waals surface area (Å²) in [4.78, 5) is 2.58. The molecule has 1 nitrogen and oxygen atoms in total. The van der Waals surface area contributed by atoms with Crippen LogP contribution in [0, 0.1) is 0 Å². The lowest BCUT2D eigenvalue weighted by Crippen LogP contribution is -2.40. The lowest BCUT2D eigenvalue weighted by Gasteiger charge is -2.35. The lowest BCUT2D eigenvalue weighted by atomic mass is 9.86. The largest absolute Gasteiger partial charge is 0.301 e. The van der Waals surface area contributed by atoms with Gasteiger partial charge in [0.1, 0.15) is 0 Å². The summed E-state index contributed by atoms with van der Waals surface area (Å²) in [5.74, 6) is 0. The van der Waals surface area contributed by atoms with Crippen LogP contribution in [-0.4, -0.2) is 6.54 Å². The summed E-state index contributed by atoms with van der Waals surface area (Å²) >= 11 is 1.86. The third-order valence-electron chi connectivity index (χ3n) is 5.25. The molecule has 4 rings (SSSR count). The molecule has 1 aliphatic heterocycles. The minimum Gasteiger partial charge on any atom is -0.301 e. The minimum atomic E-state index is -0.321. The van der Waals surface area contributed by atoms with Crippen molar-refractivity contribution in [3.8, 4) is 0 Å². The summed E-state index contributed by atoms with van der Waals surface area (Å²) < 4.78 is 0. The van der Waals surface area contributed by atoms with Crippen molar-refractivity contribution in [1.82, 2.24) is 5.32 Å². The Balaban J connectivity index is 1.86. The Hall–Kier alpha value is -2.55. The van der Waals surface area contributed by atoms with Crippen LogP contribution in [0.4, 0.5) is 0 Å². The van der Waals surface area contributed by atoms with Crippen molar-refractivity contribution >= 4 is 21.6 Å². The number of hydrogen-bond donors (Lipinski definition) is 1. The molecule has 0 aromatic heterocycles. The zero-order valence-electron chi connectivity index (χ0n) is 16.8. The number of nitrogens with one attached hydrogen (secondary N) is 1. The summed E-state index contributed by atoms with van der Waals surface area (Å²) in [6.07, 6.45) is 7.15. The number of rotatable bonds is 7. The fraction of sp³-hybridized carbons (Fsp3) is 0.185. The van der Waals surface area contributed by atoms with E-state index in [-0.39, 0.29) is 5.54 Å². The summed E-state index contributed by atoms with van der Waals surface area (Å²) in [5.41, 5.74) is 3.48. The molecule has 0 spiro atoms. The molecule has 0 amide bonds. The maximum absolute atomic E-state index is 3.89. The minimum absolute atomic E-state index is 0.321. The van der Waals surface area contributed by atoms with Crippen LogP contribution in [0.1, 0.15) is 36.5 Å². The third-order valence-corrected chi connectivity index (χ3v) is 6.40. The molecule has 0 saturated heterocycles. The molecule has 1 aliphatic rings. The first-order chi connectivity index (χ1) is 14.3. The third kappa shape index (κ3) is 4.55. The Morgan fingerprint density at radius 2 is 1.17 bits per heavy atom. The van der Waals surface area contributed by atoms with Gasteiger partial charge in [0, 0.05) is 9.81 Å². The highest BCUT2D eigenvalue weighted by Gasteiger charge is 2.32. The summed E-state index contributed by atoms with van der Waals surface area (Å²) in [6.45, 7) is 3.22. The fourth-order valence-electron chi connectivity index (χ4n) is 3.68. The van der Waals surface area contributed by atoms with Gasteiger partial charge in [-0.05, 0) is 41.8 Å². The van der Waals surface area contributed by atoms with Crippen molar-refractivity contribution in [2.45, 2.75) is 25.3 Å². The van der Waals surface area contributed by atoms with Crippen molar-refractivity contribution in [1.29, 1.82) is 0 Å². The van der Waals surface area contributed by atoms with Crippen molar-refractivity contribution in [3.63, 3.8) is 0 Å². The topological polar surface area (TPSA) is 12.0 Å². The molecule has 1 heterocycles. The molecule has 1 N–H and O–H groups in total. The van der Waals surface area contributed by atoms with E-state index in [0.717, 1.165) is 13.0 Å². The van der Waals surface area contributed by atoms with E-state index in [2.05, 4.69) is 115 Å². The average Bonchev–Trinajstić information content (AvgIpc) is 2.81. The highest BCUT2D eigenvalue weighted by Crippen LogP contribution is 2.47. The van der Waals surface area contributed by atoms with Gasteiger partial charge in [0.15, 0.2) is 0 Å². The maximum Gasteiger partial charge on any atom is 0.0835 e. The van der Waals surface area contributed by atoms with E-state index in [0.29, 0.717) is 0 Å². The van der Waals surface area contributed by atoms with Crippen molar-refractivity contribution in [2.24, 2.45) is 0 Å². The Morgan fingerprint density at radius 3 is 1.66 bits per heavy atom. The first-order valence-electron chi connectivity index (χ1n) is 10.4. The quantitative estimate of drug-likeness (QED) is 0.427. The highest BCUT2D eigenvalue weighted by molar-refractivity contribution is 8.16. The van der Waals surface area contributed by atoms with Gasteiger partial charge in [0.25, 0.3) is 0 Å². The van der Waals surface area contributed by atoms with Crippen LogP contribution < -0.4 is 5.32 Å². The van der Waals surface area contributed by atoms with Gasteiger partial charge in [-0.3, -0.25) is 0 Å². The molecule has 0 fully saturated rings. The molecular weight excluding hydrogens is 370 g/mol. The van der Waals surface area contributed by atoms with Gasteiger partial charge in [0.05, 0.1) is 5.54 Å². The monoisotopic (exact) mass is 397 g/mol. The van der Waals surface area contributed by atoms with Crippen LogP contribution in [0.2, 0.25) is 0 Å². The normalized spacial score (nSPS) is 15.5. The molecule has 0 aliphatic carbocycles. The van der Waals surface area contributed by atoms with E-state index < -0.39 is 0 Å². The number of unbranched alkanes of at least 4 members (excludes halogenated alkanes) is 1. The van der Waals surface area contributed by atoms with E-state index in [4.69, 9.17) is 0 Å². The molecular formula is C27H27NS. The summed E-state index contributed by atoms with van der Waals surface area (Å²) in [5, 5.41) is 3.89. The predicted molar refractivity (Wildman–Crippen MR) is 127 cm³/mol. The molecule has 0 bridgehead atoms. The summed E-state index contributed by atoms with van der Waals surface area (Å²) in [6, 6.07) is 32.2. The molecule has 3 aromatic carbocycles. The summed E-state index contributed by atoms with van der Waals surface area (Å²) in [7, 11) is 0. The van der Waals surface area contributed by atoms with E-state index >= 15 is 0 Å². The van der Waals surface area contributed by atoms with Crippen LogP contribution in [0.5, 0.6) is 0 Å². The molecule has 3 aromatic rings. The molecule has 29 heavy (non-hydrogen) atoms. The molecule has 0 unspecified atom stereocenters. The second kappa shape index (κ2) is 9.30. The number of hydrogen-bond acceptors (Lipinski definition) is 2. The predicted octanol–water partition coefficient (Wildman–Crippen LogP) is 7.10. The van der Waals surface area contributed by atoms with Gasteiger partial charge in [-0.1, -0.05) is 116 Å². The average molecular weight is 398 g/mol. The van der Waals surface area contributed by atoms with Gasteiger partial charge in [-0.2, -0.15) is 0 Å². The van der Waals surface area contributed by atoms with Crippen LogP contribution in [0.3, 0.4) is 0 Å².